The number of amides is 2. The number of nitro groups is 1. The lowest BCUT2D eigenvalue weighted by Gasteiger charge is -2.16. The van der Waals surface area contributed by atoms with Crippen molar-refractivity contribution in [2.75, 3.05) is 10.6 Å². The number of carbonyl (C=O) groups excluding carboxylic acids is 2. The summed E-state index contributed by atoms with van der Waals surface area (Å²) in [5.74, 6) is -0.385. The predicted molar refractivity (Wildman–Crippen MR) is 132 cm³/mol. The molecule has 0 heterocycles. The standard InChI is InChI=1S/C25H25N3O4S/c1-4-23(25(30)27-22-13-12-20(28(31)32)14-17(22)3)33-21-7-5-6-19(15-21)26-24(29)18-10-8-16(2)9-11-18/h5-15,23H,4H2,1-3H3,(H,26,29)(H,27,30). The Morgan fingerprint density at radius 3 is 2.36 bits per heavy atom. The predicted octanol–water partition coefficient (Wildman–Crippen LogP) is 5.97. The van der Waals surface area contributed by atoms with E-state index in [1.165, 1.54) is 23.9 Å². The van der Waals surface area contributed by atoms with Gasteiger partial charge in [0.25, 0.3) is 11.6 Å². The maximum Gasteiger partial charge on any atom is 0.269 e. The lowest BCUT2D eigenvalue weighted by Crippen LogP contribution is -2.25. The van der Waals surface area contributed by atoms with E-state index in [0.29, 0.717) is 28.9 Å². The summed E-state index contributed by atoms with van der Waals surface area (Å²) in [7, 11) is 0. The van der Waals surface area contributed by atoms with Gasteiger partial charge in [0.05, 0.1) is 10.2 Å². The SMILES string of the molecule is CCC(Sc1cccc(NC(=O)c2ccc(C)cc2)c1)C(=O)Nc1ccc([N+](=O)[O-])cc1C. The molecule has 0 aliphatic heterocycles. The van der Waals surface area contributed by atoms with Gasteiger partial charge >= 0.3 is 0 Å². The van der Waals surface area contributed by atoms with Gasteiger partial charge in [-0.05, 0) is 62.2 Å². The number of nitrogens with one attached hydrogen (secondary N) is 2. The maximum absolute atomic E-state index is 12.9. The van der Waals surface area contributed by atoms with Crippen LogP contribution in [0.5, 0.6) is 0 Å². The van der Waals surface area contributed by atoms with Gasteiger partial charge in [-0.3, -0.25) is 19.7 Å². The molecule has 33 heavy (non-hydrogen) atoms. The van der Waals surface area contributed by atoms with Crippen molar-refractivity contribution in [3.8, 4) is 0 Å². The molecule has 170 valence electrons. The summed E-state index contributed by atoms with van der Waals surface area (Å²) in [6.07, 6.45) is 0.586. The summed E-state index contributed by atoms with van der Waals surface area (Å²) in [5, 5.41) is 16.3. The Labute approximate surface area is 196 Å². The van der Waals surface area contributed by atoms with Gasteiger partial charge in [-0.1, -0.05) is 30.7 Å². The summed E-state index contributed by atoms with van der Waals surface area (Å²) in [6.45, 7) is 5.60. The fraction of sp³-hybridized carbons (Fsp3) is 0.200. The molecular formula is C25H25N3O4S. The zero-order valence-electron chi connectivity index (χ0n) is 18.6. The van der Waals surface area contributed by atoms with Crippen molar-refractivity contribution in [2.24, 2.45) is 0 Å². The number of benzene rings is 3. The van der Waals surface area contributed by atoms with E-state index >= 15 is 0 Å². The molecular weight excluding hydrogens is 438 g/mol. The van der Waals surface area contributed by atoms with E-state index < -0.39 is 4.92 Å². The number of nitrogens with zero attached hydrogens (tertiary/aromatic N) is 1. The fourth-order valence-corrected chi connectivity index (χ4v) is 4.17. The van der Waals surface area contributed by atoms with E-state index in [2.05, 4.69) is 10.6 Å². The summed E-state index contributed by atoms with van der Waals surface area (Å²) >= 11 is 1.40. The molecule has 0 fully saturated rings. The molecule has 0 saturated carbocycles. The topological polar surface area (TPSA) is 101 Å². The van der Waals surface area contributed by atoms with Crippen molar-refractivity contribution in [1.29, 1.82) is 0 Å². The van der Waals surface area contributed by atoms with Crippen LogP contribution in [0.25, 0.3) is 0 Å². The molecule has 2 N–H and O–H groups in total. The molecule has 1 unspecified atom stereocenters. The quantitative estimate of drug-likeness (QED) is 0.243. The van der Waals surface area contributed by atoms with Crippen LogP contribution in [-0.2, 0) is 4.79 Å². The van der Waals surface area contributed by atoms with Crippen LogP contribution >= 0.6 is 11.8 Å². The Hall–Kier alpha value is -3.65. The van der Waals surface area contributed by atoms with Gasteiger partial charge in [0, 0.05) is 34.0 Å². The molecule has 0 radical (unpaired) electrons. The molecule has 2 amide bonds. The van der Waals surface area contributed by atoms with Crippen molar-refractivity contribution in [1.82, 2.24) is 0 Å². The maximum atomic E-state index is 12.9. The number of carbonyl (C=O) groups is 2. The van der Waals surface area contributed by atoms with Crippen molar-refractivity contribution in [3.63, 3.8) is 0 Å². The molecule has 0 aliphatic rings. The first kappa shape index (κ1) is 24.0. The second-order valence-electron chi connectivity index (χ2n) is 7.61. The fourth-order valence-electron chi connectivity index (χ4n) is 3.16. The number of rotatable bonds is 8. The molecule has 8 heteroatoms. The van der Waals surface area contributed by atoms with E-state index in [1.807, 2.05) is 44.2 Å². The monoisotopic (exact) mass is 463 g/mol. The summed E-state index contributed by atoms with van der Waals surface area (Å²) in [4.78, 5) is 36.7. The van der Waals surface area contributed by atoms with Gasteiger partial charge in [-0.25, -0.2) is 0 Å². The average Bonchev–Trinajstić information content (AvgIpc) is 2.79. The van der Waals surface area contributed by atoms with Gasteiger partial charge in [-0.15, -0.1) is 11.8 Å². The first-order valence-electron chi connectivity index (χ1n) is 10.5. The van der Waals surface area contributed by atoms with Gasteiger partial charge in [0.15, 0.2) is 0 Å². The Morgan fingerprint density at radius 1 is 1.00 bits per heavy atom. The zero-order chi connectivity index (χ0) is 24.0. The zero-order valence-corrected chi connectivity index (χ0v) is 19.4. The third-order valence-corrected chi connectivity index (χ3v) is 6.38. The second-order valence-corrected chi connectivity index (χ2v) is 8.88. The highest BCUT2D eigenvalue weighted by molar-refractivity contribution is 8.00. The highest BCUT2D eigenvalue weighted by Crippen LogP contribution is 2.29. The highest BCUT2D eigenvalue weighted by atomic mass is 32.2. The molecule has 0 aromatic heterocycles. The van der Waals surface area contributed by atoms with E-state index in [-0.39, 0.29) is 22.8 Å². The number of nitro benzene ring substituents is 1. The Bertz CT molecular complexity index is 1180. The summed E-state index contributed by atoms with van der Waals surface area (Å²) in [6, 6.07) is 19.0. The number of aryl methyl sites for hydroxylation is 2. The Kier molecular flexibility index (Phi) is 7.84. The lowest BCUT2D eigenvalue weighted by molar-refractivity contribution is -0.384. The minimum absolute atomic E-state index is 0.0172. The van der Waals surface area contributed by atoms with Crippen LogP contribution in [0.1, 0.15) is 34.8 Å². The van der Waals surface area contributed by atoms with E-state index in [0.717, 1.165) is 10.5 Å². The molecule has 0 spiro atoms. The van der Waals surface area contributed by atoms with Crippen molar-refractivity contribution < 1.29 is 14.5 Å². The normalized spacial score (nSPS) is 11.5. The molecule has 0 bridgehead atoms. The van der Waals surface area contributed by atoms with Crippen LogP contribution in [0.3, 0.4) is 0 Å². The van der Waals surface area contributed by atoms with Crippen LogP contribution in [0.15, 0.2) is 71.6 Å². The van der Waals surface area contributed by atoms with Crippen LogP contribution < -0.4 is 10.6 Å². The summed E-state index contributed by atoms with van der Waals surface area (Å²) in [5.41, 5.74) is 3.45. The first-order valence-corrected chi connectivity index (χ1v) is 11.4. The molecule has 0 aliphatic carbocycles. The Morgan fingerprint density at radius 2 is 1.73 bits per heavy atom. The van der Waals surface area contributed by atoms with Crippen molar-refractivity contribution >= 4 is 40.6 Å². The van der Waals surface area contributed by atoms with E-state index in [4.69, 9.17) is 0 Å². The molecule has 7 nitrogen and oxygen atoms in total. The minimum Gasteiger partial charge on any atom is -0.325 e. The number of thioether (sulfide) groups is 1. The average molecular weight is 464 g/mol. The van der Waals surface area contributed by atoms with Crippen LogP contribution in [0, 0.1) is 24.0 Å². The van der Waals surface area contributed by atoms with E-state index in [9.17, 15) is 19.7 Å². The minimum atomic E-state index is -0.464. The number of hydrogen-bond donors (Lipinski definition) is 2. The van der Waals surface area contributed by atoms with Crippen LogP contribution in [-0.4, -0.2) is 22.0 Å². The molecule has 1 atom stereocenters. The second kappa shape index (κ2) is 10.8. The van der Waals surface area contributed by atoms with Gasteiger partial charge in [-0.2, -0.15) is 0 Å². The number of non-ortho nitro benzene ring substituents is 1. The van der Waals surface area contributed by atoms with Crippen LogP contribution in [0.4, 0.5) is 17.1 Å². The third-order valence-electron chi connectivity index (χ3n) is 5.03. The smallest absolute Gasteiger partial charge is 0.269 e. The molecule has 3 aromatic rings. The third kappa shape index (κ3) is 6.43. The summed E-state index contributed by atoms with van der Waals surface area (Å²) < 4.78 is 0. The highest BCUT2D eigenvalue weighted by Gasteiger charge is 2.20. The van der Waals surface area contributed by atoms with Crippen LogP contribution in [0.2, 0.25) is 0 Å². The van der Waals surface area contributed by atoms with E-state index in [1.54, 1.807) is 31.2 Å². The molecule has 0 saturated heterocycles. The van der Waals surface area contributed by atoms with Gasteiger partial charge in [0.2, 0.25) is 5.91 Å². The van der Waals surface area contributed by atoms with Crippen molar-refractivity contribution in [3.05, 3.63) is 93.5 Å². The number of anilines is 2. The molecule has 3 rings (SSSR count). The Balaban J connectivity index is 1.67. The van der Waals surface area contributed by atoms with Gasteiger partial charge in [0.1, 0.15) is 0 Å². The van der Waals surface area contributed by atoms with Crippen molar-refractivity contribution in [2.45, 2.75) is 37.3 Å². The first-order chi connectivity index (χ1) is 15.8. The van der Waals surface area contributed by atoms with Gasteiger partial charge < -0.3 is 10.6 Å². The largest absolute Gasteiger partial charge is 0.325 e. The molecule has 3 aromatic carbocycles. The number of hydrogen-bond acceptors (Lipinski definition) is 5. The lowest BCUT2D eigenvalue weighted by atomic mass is 10.1.